The maximum atomic E-state index is 13.4. The number of halogens is 1. The van der Waals surface area contributed by atoms with Gasteiger partial charge in [0.05, 0.1) is 16.5 Å². The number of nitriles is 1. The van der Waals surface area contributed by atoms with Crippen LogP contribution in [0.1, 0.15) is 24.2 Å². The van der Waals surface area contributed by atoms with E-state index in [0.717, 1.165) is 31.7 Å². The van der Waals surface area contributed by atoms with Gasteiger partial charge in [-0.15, -0.1) is 0 Å². The number of hydrogen-bond donors (Lipinski definition) is 0. The third kappa shape index (κ3) is 3.46. The van der Waals surface area contributed by atoms with E-state index in [1.807, 2.05) is 6.07 Å². The molecule has 1 aliphatic heterocycles. The molecule has 3 heterocycles. The van der Waals surface area contributed by atoms with Crippen LogP contribution in [0.3, 0.4) is 0 Å². The van der Waals surface area contributed by atoms with Crippen LogP contribution in [0.4, 0.5) is 10.2 Å². The molecule has 142 valence electrons. The van der Waals surface area contributed by atoms with E-state index in [2.05, 4.69) is 20.9 Å². The Balaban J connectivity index is 1.48. The molecule has 0 bridgehead atoms. The van der Waals surface area contributed by atoms with Gasteiger partial charge in [0.25, 0.3) is 5.56 Å². The summed E-state index contributed by atoms with van der Waals surface area (Å²) < 4.78 is 15.1. The van der Waals surface area contributed by atoms with Gasteiger partial charge in [-0.25, -0.2) is 14.4 Å². The minimum Gasteiger partial charge on any atom is -0.357 e. The second-order valence-corrected chi connectivity index (χ2v) is 7.18. The fraction of sp³-hybridized carbons (Fsp3) is 0.333. The van der Waals surface area contributed by atoms with Gasteiger partial charge in [0, 0.05) is 31.9 Å². The van der Waals surface area contributed by atoms with E-state index >= 15 is 0 Å². The number of rotatable bonds is 3. The summed E-state index contributed by atoms with van der Waals surface area (Å²) in [6.07, 6.45) is 3.47. The van der Waals surface area contributed by atoms with Crippen LogP contribution in [0.5, 0.6) is 0 Å². The predicted molar refractivity (Wildman–Crippen MR) is 105 cm³/mol. The topological polar surface area (TPSA) is 74.8 Å². The summed E-state index contributed by atoms with van der Waals surface area (Å²) in [6, 6.07) is 9.84. The van der Waals surface area contributed by atoms with Crippen LogP contribution in [0, 0.1) is 30.0 Å². The Morgan fingerprint density at radius 3 is 2.71 bits per heavy atom. The van der Waals surface area contributed by atoms with Gasteiger partial charge in [-0.05, 0) is 49.9 Å². The molecule has 0 atom stereocenters. The fourth-order valence-electron chi connectivity index (χ4n) is 3.76. The summed E-state index contributed by atoms with van der Waals surface area (Å²) in [5, 5.41) is 9.33. The first-order chi connectivity index (χ1) is 13.5. The zero-order valence-corrected chi connectivity index (χ0v) is 15.6. The van der Waals surface area contributed by atoms with Crippen molar-refractivity contribution in [3.8, 4) is 6.07 Å². The molecule has 0 N–H and O–H groups in total. The zero-order valence-electron chi connectivity index (χ0n) is 15.6. The lowest BCUT2D eigenvalue weighted by atomic mass is 9.96. The van der Waals surface area contributed by atoms with Crippen molar-refractivity contribution in [1.82, 2.24) is 14.5 Å². The molecule has 1 fully saturated rings. The van der Waals surface area contributed by atoms with Crippen LogP contribution in [-0.2, 0) is 6.54 Å². The summed E-state index contributed by atoms with van der Waals surface area (Å²) in [5.74, 6) is 1.46. The van der Waals surface area contributed by atoms with Gasteiger partial charge in [0.2, 0.25) is 0 Å². The van der Waals surface area contributed by atoms with Gasteiger partial charge >= 0.3 is 0 Å². The third-order valence-electron chi connectivity index (χ3n) is 5.36. The standard InChI is InChI=1S/C21H20FN5O/c1-14-25-19-10-17(22)3-4-18(19)21(28)27(14)13-15-6-8-26(9-7-15)20-5-2-16(11-23)12-24-20/h2-5,10,12,15H,6-9,13H2,1H3. The largest absolute Gasteiger partial charge is 0.357 e. The van der Waals surface area contributed by atoms with Crippen molar-refractivity contribution in [2.45, 2.75) is 26.3 Å². The number of aryl methyl sites for hydroxylation is 1. The first kappa shape index (κ1) is 18.1. The molecule has 1 aliphatic rings. The van der Waals surface area contributed by atoms with Crippen molar-refractivity contribution in [2.24, 2.45) is 5.92 Å². The summed E-state index contributed by atoms with van der Waals surface area (Å²) in [4.78, 5) is 23.8. The maximum absolute atomic E-state index is 13.4. The SMILES string of the molecule is Cc1nc2cc(F)ccc2c(=O)n1CC1CCN(c2ccc(C#N)cn2)CC1. The van der Waals surface area contributed by atoms with Crippen molar-refractivity contribution in [2.75, 3.05) is 18.0 Å². The molecule has 0 spiro atoms. The van der Waals surface area contributed by atoms with Crippen LogP contribution in [0.15, 0.2) is 41.3 Å². The molecule has 0 saturated carbocycles. The Morgan fingerprint density at radius 1 is 1.25 bits per heavy atom. The molecule has 28 heavy (non-hydrogen) atoms. The number of piperidine rings is 1. The minimum absolute atomic E-state index is 0.112. The van der Waals surface area contributed by atoms with Gasteiger partial charge in [0.1, 0.15) is 23.5 Å². The number of benzene rings is 1. The number of pyridine rings is 1. The fourth-order valence-corrected chi connectivity index (χ4v) is 3.76. The second-order valence-electron chi connectivity index (χ2n) is 7.18. The van der Waals surface area contributed by atoms with Crippen molar-refractivity contribution in [3.63, 3.8) is 0 Å². The Kier molecular flexibility index (Phi) is 4.78. The monoisotopic (exact) mass is 377 g/mol. The molecule has 4 rings (SSSR count). The quantitative estimate of drug-likeness (QED) is 0.701. The predicted octanol–water partition coefficient (Wildman–Crippen LogP) is 3.03. The number of hydrogen-bond acceptors (Lipinski definition) is 5. The van der Waals surface area contributed by atoms with Crippen LogP contribution in [-0.4, -0.2) is 27.6 Å². The molecule has 1 aromatic carbocycles. The number of nitrogens with zero attached hydrogens (tertiary/aromatic N) is 5. The highest BCUT2D eigenvalue weighted by atomic mass is 19.1. The van der Waals surface area contributed by atoms with Crippen molar-refractivity contribution in [1.29, 1.82) is 5.26 Å². The Bertz CT molecular complexity index is 1110. The molecule has 7 heteroatoms. The number of aromatic nitrogens is 3. The second kappa shape index (κ2) is 7.39. The van der Waals surface area contributed by atoms with Crippen LogP contribution in [0.25, 0.3) is 10.9 Å². The number of fused-ring (bicyclic) bond motifs is 1. The molecule has 0 radical (unpaired) electrons. The van der Waals surface area contributed by atoms with Gasteiger partial charge in [0.15, 0.2) is 0 Å². The average molecular weight is 377 g/mol. The molecular formula is C21H20FN5O. The van der Waals surface area contributed by atoms with Crippen molar-refractivity contribution >= 4 is 16.7 Å². The molecular weight excluding hydrogens is 357 g/mol. The van der Waals surface area contributed by atoms with Crippen LogP contribution in [0.2, 0.25) is 0 Å². The maximum Gasteiger partial charge on any atom is 0.261 e. The molecule has 6 nitrogen and oxygen atoms in total. The summed E-state index contributed by atoms with van der Waals surface area (Å²) >= 11 is 0. The lowest BCUT2D eigenvalue weighted by molar-refractivity contribution is 0.348. The molecule has 1 saturated heterocycles. The third-order valence-corrected chi connectivity index (χ3v) is 5.36. The van der Waals surface area contributed by atoms with E-state index in [1.165, 1.54) is 18.2 Å². The van der Waals surface area contributed by atoms with E-state index in [9.17, 15) is 9.18 Å². The normalized spacial score (nSPS) is 15.0. The minimum atomic E-state index is -0.389. The smallest absolute Gasteiger partial charge is 0.261 e. The average Bonchev–Trinajstić information content (AvgIpc) is 2.71. The Hall–Kier alpha value is -3.27. The number of anilines is 1. The highest BCUT2D eigenvalue weighted by Gasteiger charge is 2.22. The van der Waals surface area contributed by atoms with Crippen molar-refractivity contribution in [3.05, 3.63) is 64.1 Å². The molecule has 2 aromatic heterocycles. The first-order valence-corrected chi connectivity index (χ1v) is 9.33. The van der Waals surface area contributed by atoms with E-state index in [0.29, 0.717) is 34.8 Å². The lowest BCUT2D eigenvalue weighted by Gasteiger charge is -2.33. The van der Waals surface area contributed by atoms with E-state index in [1.54, 1.807) is 23.8 Å². The zero-order chi connectivity index (χ0) is 19.7. The van der Waals surface area contributed by atoms with E-state index in [4.69, 9.17) is 5.26 Å². The summed E-state index contributed by atoms with van der Waals surface area (Å²) in [5.41, 5.74) is 0.844. The summed E-state index contributed by atoms with van der Waals surface area (Å²) in [6.45, 7) is 4.11. The Morgan fingerprint density at radius 2 is 2.04 bits per heavy atom. The van der Waals surface area contributed by atoms with Crippen LogP contribution >= 0.6 is 0 Å². The van der Waals surface area contributed by atoms with E-state index in [-0.39, 0.29) is 11.4 Å². The summed E-state index contributed by atoms with van der Waals surface area (Å²) in [7, 11) is 0. The molecule has 0 unspecified atom stereocenters. The highest BCUT2D eigenvalue weighted by molar-refractivity contribution is 5.77. The highest BCUT2D eigenvalue weighted by Crippen LogP contribution is 2.23. The molecule has 3 aromatic rings. The Labute approximate surface area is 161 Å². The lowest BCUT2D eigenvalue weighted by Crippen LogP contribution is -2.37. The van der Waals surface area contributed by atoms with Gasteiger partial charge in [-0.2, -0.15) is 5.26 Å². The van der Waals surface area contributed by atoms with Gasteiger partial charge in [-0.3, -0.25) is 9.36 Å². The van der Waals surface area contributed by atoms with E-state index < -0.39 is 0 Å². The first-order valence-electron chi connectivity index (χ1n) is 9.33. The van der Waals surface area contributed by atoms with Crippen molar-refractivity contribution < 1.29 is 4.39 Å². The van der Waals surface area contributed by atoms with Gasteiger partial charge in [-0.1, -0.05) is 0 Å². The van der Waals surface area contributed by atoms with Gasteiger partial charge < -0.3 is 4.90 Å². The molecule has 0 aliphatic carbocycles. The van der Waals surface area contributed by atoms with Crippen LogP contribution < -0.4 is 10.5 Å². The molecule has 0 amide bonds.